The number of aryl methyl sites for hydroxylation is 1. The molecule has 0 bridgehead atoms. The Morgan fingerprint density at radius 1 is 1.36 bits per heavy atom. The Morgan fingerprint density at radius 2 is 2.05 bits per heavy atom. The lowest BCUT2D eigenvalue weighted by Gasteiger charge is -2.40. The van der Waals surface area contributed by atoms with Gasteiger partial charge in [-0.1, -0.05) is 26.0 Å². The predicted octanol–water partition coefficient (Wildman–Crippen LogP) is 3.81. The van der Waals surface area contributed by atoms with Crippen LogP contribution < -0.4 is 5.32 Å². The number of nitrogens with zero attached hydrogens (tertiary/aromatic N) is 1. The Bertz CT molecular complexity index is 585. The lowest BCUT2D eigenvalue weighted by molar-refractivity contribution is -0.114. The van der Waals surface area contributed by atoms with Crippen molar-refractivity contribution in [3.63, 3.8) is 0 Å². The van der Waals surface area contributed by atoms with Crippen LogP contribution >= 0.6 is 0 Å². The van der Waals surface area contributed by atoms with E-state index in [1.165, 1.54) is 49.0 Å². The molecule has 1 amide bonds. The summed E-state index contributed by atoms with van der Waals surface area (Å²) < 4.78 is 0. The van der Waals surface area contributed by atoms with Crippen molar-refractivity contribution in [3.8, 4) is 0 Å². The molecule has 1 fully saturated rings. The van der Waals surface area contributed by atoms with Gasteiger partial charge < -0.3 is 10.2 Å². The van der Waals surface area contributed by atoms with Gasteiger partial charge in [-0.2, -0.15) is 0 Å². The first kappa shape index (κ1) is 15.5. The highest BCUT2D eigenvalue weighted by Gasteiger charge is 2.45. The van der Waals surface area contributed by atoms with E-state index < -0.39 is 0 Å². The van der Waals surface area contributed by atoms with E-state index in [1.807, 2.05) is 0 Å². The number of rotatable bonds is 2. The normalized spacial score (nSPS) is 23.5. The fourth-order valence-electron chi connectivity index (χ4n) is 4.61. The zero-order valence-corrected chi connectivity index (χ0v) is 14.3. The van der Waals surface area contributed by atoms with E-state index in [4.69, 9.17) is 0 Å². The van der Waals surface area contributed by atoms with Gasteiger partial charge in [0.2, 0.25) is 5.91 Å². The number of carbonyl (C=O) groups excluding carboxylic acids is 1. The van der Waals surface area contributed by atoms with E-state index in [2.05, 4.69) is 43.1 Å². The minimum Gasteiger partial charge on any atom is -0.326 e. The van der Waals surface area contributed by atoms with Crippen molar-refractivity contribution in [1.29, 1.82) is 0 Å². The Morgan fingerprint density at radius 3 is 2.64 bits per heavy atom. The average molecular weight is 300 g/mol. The van der Waals surface area contributed by atoms with Crippen LogP contribution in [-0.4, -0.2) is 30.4 Å². The molecule has 3 nitrogen and oxygen atoms in total. The molecular formula is C19H28N2O. The lowest BCUT2D eigenvalue weighted by atomic mass is 9.73. The van der Waals surface area contributed by atoms with Crippen molar-refractivity contribution in [3.05, 3.63) is 28.8 Å². The highest BCUT2D eigenvalue weighted by atomic mass is 16.1. The fraction of sp³-hybridized carbons (Fsp3) is 0.632. The number of nitrogens with one attached hydrogen (secondary N) is 1. The van der Waals surface area contributed by atoms with E-state index in [0.717, 1.165) is 12.2 Å². The molecular weight excluding hydrogens is 272 g/mol. The SMILES string of the molecule is CCN1CCC2(CC1)CC(C)c1c2ccc(C)c1NC(C)=O. The second kappa shape index (κ2) is 5.69. The number of carbonyl (C=O) groups is 1. The van der Waals surface area contributed by atoms with Crippen molar-refractivity contribution in [2.24, 2.45) is 0 Å². The van der Waals surface area contributed by atoms with Crippen molar-refractivity contribution in [2.75, 3.05) is 25.0 Å². The second-order valence-electron chi connectivity index (χ2n) is 7.22. The fourth-order valence-corrected chi connectivity index (χ4v) is 4.61. The Balaban J connectivity index is 2.01. The van der Waals surface area contributed by atoms with Crippen molar-refractivity contribution in [1.82, 2.24) is 4.90 Å². The molecule has 2 aliphatic rings. The van der Waals surface area contributed by atoms with Crippen LogP contribution in [0.3, 0.4) is 0 Å². The van der Waals surface area contributed by atoms with Gasteiger partial charge in [0.05, 0.1) is 0 Å². The van der Waals surface area contributed by atoms with Gasteiger partial charge in [-0.25, -0.2) is 0 Å². The van der Waals surface area contributed by atoms with Crippen LogP contribution in [-0.2, 0) is 10.2 Å². The van der Waals surface area contributed by atoms with Gasteiger partial charge in [-0.15, -0.1) is 0 Å². The maximum Gasteiger partial charge on any atom is 0.221 e. The Labute approximate surface area is 134 Å². The Kier molecular flexibility index (Phi) is 4.02. The van der Waals surface area contributed by atoms with Gasteiger partial charge in [-0.3, -0.25) is 4.79 Å². The number of hydrogen-bond acceptors (Lipinski definition) is 2. The summed E-state index contributed by atoms with van der Waals surface area (Å²) in [5.74, 6) is 0.565. The monoisotopic (exact) mass is 300 g/mol. The molecule has 1 aromatic carbocycles. The van der Waals surface area contributed by atoms with E-state index in [9.17, 15) is 4.79 Å². The van der Waals surface area contributed by atoms with Gasteiger partial charge in [0.25, 0.3) is 0 Å². The standard InChI is InChI=1S/C19H28N2O/c1-5-21-10-8-19(9-11-21)12-14(3)17-16(19)7-6-13(2)18(17)20-15(4)22/h6-7,14H,5,8-12H2,1-4H3,(H,20,22). The summed E-state index contributed by atoms with van der Waals surface area (Å²) in [6.07, 6.45) is 3.73. The van der Waals surface area contributed by atoms with E-state index in [1.54, 1.807) is 6.92 Å². The minimum atomic E-state index is 0.0328. The minimum absolute atomic E-state index is 0.0328. The third-order valence-corrected chi connectivity index (χ3v) is 5.78. The molecule has 1 aromatic rings. The number of likely N-dealkylation sites (tertiary alicyclic amines) is 1. The van der Waals surface area contributed by atoms with Crippen LogP contribution in [0.2, 0.25) is 0 Å². The smallest absolute Gasteiger partial charge is 0.221 e. The van der Waals surface area contributed by atoms with Crippen LogP contribution in [0.25, 0.3) is 0 Å². The number of anilines is 1. The number of amides is 1. The zero-order valence-electron chi connectivity index (χ0n) is 14.3. The largest absolute Gasteiger partial charge is 0.326 e. The van der Waals surface area contributed by atoms with Crippen LogP contribution in [0, 0.1) is 6.92 Å². The number of fused-ring (bicyclic) bond motifs is 2. The molecule has 1 unspecified atom stereocenters. The molecule has 0 saturated carbocycles. The Hall–Kier alpha value is -1.35. The molecule has 1 aliphatic heterocycles. The van der Waals surface area contributed by atoms with Crippen LogP contribution in [0.4, 0.5) is 5.69 Å². The first-order valence-electron chi connectivity index (χ1n) is 8.61. The molecule has 1 spiro atoms. The predicted molar refractivity (Wildman–Crippen MR) is 91.5 cm³/mol. The first-order valence-corrected chi connectivity index (χ1v) is 8.61. The summed E-state index contributed by atoms with van der Waals surface area (Å²) in [6.45, 7) is 11.8. The molecule has 1 heterocycles. The van der Waals surface area contributed by atoms with Gasteiger partial charge in [0.15, 0.2) is 0 Å². The quantitative estimate of drug-likeness (QED) is 0.900. The summed E-state index contributed by atoms with van der Waals surface area (Å²) in [6, 6.07) is 4.52. The third-order valence-electron chi connectivity index (χ3n) is 5.78. The van der Waals surface area contributed by atoms with Gasteiger partial charge in [0.1, 0.15) is 0 Å². The summed E-state index contributed by atoms with van der Waals surface area (Å²) in [5, 5.41) is 3.10. The molecule has 120 valence electrons. The highest BCUT2D eigenvalue weighted by molar-refractivity contribution is 5.91. The summed E-state index contributed by atoms with van der Waals surface area (Å²) >= 11 is 0. The molecule has 0 radical (unpaired) electrons. The molecule has 1 atom stereocenters. The zero-order chi connectivity index (χ0) is 15.9. The molecule has 3 rings (SSSR count). The van der Waals surface area contributed by atoms with Crippen molar-refractivity contribution < 1.29 is 4.79 Å². The third kappa shape index (κ3) is 2.45. The van der Waals surface area contributed by atoms with Crippen LogP contribution in [0.5, 0.6) is 0 Å². The van der Waals surface area contributed by atoms with Gasteiger partial charge in [-0.05, 0) is 73.8 Å². The summed E-state index contributed by atoms with van der Waals surface area (Å²) in [7, 11) is 0. The molecule has 1 aliphatic carbocycles. The summed E-state index contributed by atoms with van der Waals surface area (Å²) in [5.41, 5.74) is 5.50. The maximum absolute atomic E-state index is 11.6. The molecule has 1 N–H and O–H groups in total. The van der Waals surface area contributed by atoms with Crippen LogP contribution in [0.1, 0.15) is 62.6 Å². The van der Waals surface area contributed by atoms with Crippen LogP contribution in [0.15, 0.2) is 12.1 Å². The number of benzene rings is 1. The lowest BCUT2D eigenvalue weighted by Crippen LogP contribution is -2.41. The average Bonchev–Trinajstić information content (AvgIpc) is 2.75. The molecule has 3 heteroatoms. The van der Waals surface area contributed by atoms with Gasteiger partial charge >= 0.3 is 0 Å². The van der Waals surface area contributed by atoms with E-state index in [-0.39, 0.29) is 5.91 Å². The molecule has 1 saturated heterocycles. The second-order valence-corrected chi connectivity index (χ2v) is 7.22. The first-order chi connectivity index (χ1) is 10.5. The topological polar surface area (TPSA) is 32.3 Å². The van der Waals surface area contributed by atoms with E-state index >= 15 is 0 Å². The van der Waals surface area contributed by atoms with Crippen molar-refractivity contribution in [2.45, 2.75) is 58.3 Å². The highest BCUT2D eigenvalue weighted by Crippen LogP contribution is 2.54. The summed E-state index contributed by atoms with van der Waals surface area (Å²) in [4.78, 5) is 14.2. The number of hydrogen-bond donors (Lipinski definition) is 1. The molecule has 22 heavy (non-hydrogen) atoms. The maximum atomic E-state index is 11.6. The van der Waals surface area contributed by atoms with Crippen molar-refractivity contribution >= 4 is 11.6 Å². The number of piperidine rings is 1. The molecule has 0 aromatic heterocycles. The van der Waals surface area contributed by atoms with Gasteiger partial charge in [0, 0.05) is 12.6 Å². The van der Waals surface area contributed by atoms with E-state index in [0.29, 0.717) is 11.3 Å².